The smallest absolute Gasteiger partial charge is 0.346 e. The van der Waals surface area contributed by atoms with E-state index in [-0.39, 0.29) is 23.7 Å². The Kier molecular flexibility index (Phi) is 4.63. The maximum absolute atomic E-state index is 15.7. The lowest BCUT2D eigenvalue weighted by molar-refractivity contribution is -0.00559. The topological polar surface area (TPSA) is 76.6 Å². The SMILES string of the molecule is C[C@@H]1C[C@H](n2c(C(F)(F)c3ccccn3)nc3cnc4ccc(C#N)cc4c32)CCO1. The molecular formula is C23H19F2N5O. The van der Waals surface area contributed by atoms with Gasteiger partial charge in [-0.05, 0) is 50.1 Å². The summed E-state index contributed by atoms with van der Waals surface area (Å²) < 4.78 is 38.8. The molecule has 1 saturated heterocycles. The molecule has 5 rings (SSSR count). The first-order chi connectivity index (χ1) is 15.0. The van der Waals surface area contributed by atoms with Gasteiger partial charge >= 0.3 is 5.92 Å². The quantitative estimate of drug-likeness (QED) is 0.480. The van der Waals surface area contributed by atoms with Crippen molar-refractivity contribution in [2.75, 3.05) is 6.61 Å². The van der Waals surface area contributed by atoms with E-state index in [4.69, 9.17) is 4.74 Å². The lowest BCUT2D eigenvalue weighted by Gasteiger charge is -2.31. The van der Waals surface area contributed by atoms with Crippen LogP contribution in [0.5, 0.6) is 0 Å². The summed E-state index contributed by atoms with van der Waals surface area (Å²) in [7, 11) is 0. The van der Waals surface area contributed by atoms with Crippen molar-refractivity contribution >= 4 is 21.9 Å². The van der Waals surface area contributed by atoms with E-state index in [1.54, 1.807) is 28.8 Å². The van der Waals surface area contributed by atoms with Crippen LogP contribution in [0.1, 0.15) is 42.9 Å². The molecular weight excluding hydrogens is 400 g/mol. The first-order valence-corrected chi connectivity index (χ1v) is 10.1. The fourth-order valence-electron chi connectivity index (χ4n) is 4.30. The highest BCUT2D eigenvalue weighted by Gasteiger charge is 2.43. The van der Waals surface area contributed by atoms with E-state index in [2.05, 4.69) is 21.0 Å². The number of halogens is 2. The number of imidazole rings is 1. The predicted molar refractivity (Wildman–Crippen MR) is 111 cm³/mol. The number of benzene rings is 1. The van der Waals surface area contributed by atoms with Crippen molar-refractivity contribution in [1.82, 2.24) is 19.5 Å². The monoisotopic (exact) mass is 419 g/mol. The Morgan fingerprint density at radius 2 is 2.06 bits per heavy atom. The Balaban J connectivity index is 1.84. The second-order valence-corrected chi connectivity index (χ2v) is 7.79. The summed E-state index contributed by atoms with van der Waals surface area (Å²) in [6.07, 6.45) is 3.97. The average Bonchev–Trinajstić information content (AvgIpc) is 3.20. The molecule has 156 valence electrons. The van der Waals surface area contributed by atoms with Crippen LogP contribution in [-0.4, -0.2) is 32.2 Å². The Morgan fingerprint density at radius 3 is 2.81 bits per heavy atom. The molecule has 0 bridgehead atoms. The Hall–Kier alpha value is -3.44. The van der Waals surface area contributed by atoms with Crippen molar-refractivity contribution in [3.8, 4) is 6.07 Å². The molecule has 0 N–H and O–H groups in total. The summed E-state index contributed by atoms with van der Waals surface area (Å²) in [6, 6.07) is 11.4. The highest BCUT2D eigenvalue weighted by atomic mass is 19.3. The van der Waals surface area contributed by atoms with Crippen LogP contribution in [0.3, 0.4) is 0 Å². The van der Waals surface area contributed by atoms with Gasteiger partial charge in [-0.2, -0.15) is 14.0 Å². The third kappa shape index (κ3) is 3.22. The van der Waals surface area contributed by atoms with Gasteiger partial charge in [0, 0.05) is 24.2 Å². The lowest BCUT2D eigenvalue weighted by atomic mass is 10.0. The second kappa shape index (κ2) is 7.36. The fourth-order valence-corrected chi connectivity index (χ4v) is 4.30. The maximum atomic E-state index is 15.7. The van der Waals surface area contributed by atoms with Gasteiger partial charge in [-0.1, -0.05) is 6.07 Å². The number of alkyl halides is 2. The number of pyridine rings is 2. The summed E-state index contributed by atoms with van der Waals surface area (Å²) in [4.78, 5) is 12.6. The first kappa shape index (κ1) is 19.5. The van der Waals surface area contributed by atoms with Crippen molar-refractivity contribution in [2.45, 2.75) is 37.8 Å². The van der Waals surface area contributed by atoms with Gasteiger partial charge in [0.15, 0.2) is 5.82 Å². The van der Waals surface area contributed by atoms with Crippen molar-refractivity contribution < 1.29 is 13.5 Å². The number of hydrogen-bond donors (Lipinski definition) is 0. The normalized spacial score (nSPS) is 19.5. The van der Waals surface area contributed by atoms with Crippen LogP contribution in [0.2, 0.25) is 0 Å². The lowest BCUT2D eigenvalue weighted by Crippen LogP contribution is -2.30. The van der Waals surface area contributed by atoms with Crippen LogP contribution in [-0.2, 0) is 10.7 Å². The molecule has 0 amide bonds. The Morgan fingerprint density at radius 1 is 1.19 bits per heavy atom. The number of aromatic nitrogens is 4. The van der Waals surface area contributed by atoms with Gasteiger partial charge in [-0.25, -0.2) is 4.98 Å². The van der Waals surface area contributed by atoms with Crippen molar-refractivity contribution in [1.29, 1.82) is 5.26 Å². The minimum Gasteiger partial charge on any atom is -0.378 e. The van der Waals surface area contributed by atoms with E-state index in [9.17, 15) is 5.26 Å². The van der Waals surface area contributed by atoms with Gasteiger partial charge in [-0.3, -0.25) is 9.97 Å². The first-order valence-electron chi connectivity index (χ1n) is 10.1. The molecule has 6 nitrogen and oxygen atoms in total. The van der Waals surface area contributed by atoms with Crippen LogP contribution in [0, 0.1) is 11.3 Å². The zero-order valence-corrected chi connectivity index (χ0v) is 16.8. The van der Waals surface area contributed by atoms with Crippen LogP contribution in [0.25, 0.3) is 21.9 Å². The van der Waals surface area contributed by atoms with Gasteiger partial charge in [0.25, 0.3) is 0 Å². The molecule has 3 aromatic heterocycles. The van der Waals surface area contributed by atoms with E-state index >= 15 is 8.78 Å². The number of rotatable bonds is 3. The van der Waals surface area contributed by atoms with Crippen molar-refractivity contribution in [3.05, 3.63) is 65.9 Å². The van der Waals surface area contributed by atoms with Gasteiger partial charge in [0.2, 0.25) is 0 Å². The minimum absolute atomic E-state index is 0.0599. The van der Waals surface area contributed by atoms with Gasteiger partial charge in [0.1, 0.15) is 11.2 Å². The third-order valence-corrected chi connectivity index (χ3v) is 5.73. The molecule has 0 aliphatic carbocycles. The Labute approximate surface area is 177 Å². The molecule has 1 aliphatic rings. The number of ether oxygens (including phenoxy) is 1. The fraction of sp³-hybridized carbons (Fsp3) is 0.304. The predicted octanol–water partition coefficient (Wildman–Crippen LogP) is 4.73. The molecule has 4 heterocycles. The van der Waals surface area contributed by atoms with Gasteiger partial charge in [-0.15, -0.1) is 0 Å². The Bertz CT molecular complexity index is 1310. The molecule has 0 unspecified atom stereocenters. The minimum atomic E-state index is -3.40. The van der Waals surface area contributed by atoms with Crippen molar-refractivity contribution in [3.63, 3.8) is 0 Å². The van der Waals surface area contributed by atoms with Crippen molar-refractivity contribution in [2.24, 2.45) is 0 Å². The third-order valence-electron chi connectivity index (χ3n) is 5.73. The maximum Gasteiger partial charge on any atom is 0.346 e. The molecule has 0 saturated carbocycles. The zero-order chi connectivity index (χ0) is 21.6. The molecule has 1 aliphatic heterocycles. The van der Waals surface area contributed by atoms with Crippen LogP contribution < -0.4 is 0 Å². The van der Waals surface area contributed by atoms with E-state index in [0.29, 0.717) is 46.9 Å². The summed E-state index contributed by atoms with van der Waals surface area (Å²) in [5.74, 6) is -3.77. The standard InChI is InChI=1S/C23H19F2N5O/c1-14-10-16(7-9-31-14)30-21-17-11-15(12-26)5-6-18(17)28-13-19(21)29-22(30)23(24,25)20-4-2-3-8-27-20/h2-6,8,11,13-14,16H,7,9-10H2,1H3/t14-,16-/m1/s1. The molecule has 1 aromatic carbocycles. The highest BCUT2D eigenvalue weighted by molar-refractivity contribution is 6.03. The molecule has 0 spiro atoms. The number of hydrogen-bond acceptors (Lipinski definition) is 5. The van der Waals surface area contributed by atoms with E-state index in [1.165, 1.54) is 24.5 Å². The largest absolute Gasteiger partial charge is 0.378 e. The van der Waals surface area contributed by atoms with E-state index in [0.717, 1.165) is 0 Å². The molecule has 1 fully saturated rings. The summed E-state index contributed by atoms with van der Waals surface area (Å²) in [5, 5.41) is 10.00. The number of fused-ring (bicyclic) bond motifs is 3. The number of nitriles is 1. The number of nitrogens with zero attached hydrogens (tertiary/aromatic N) is 5. The second-order valence-electron chi connectivity index (χ2n) is 7.79. The molecule has 8 heteroatoms. The van der Waals surface area contributed by atoms with E-state index < -0.39 is 5.92 Å². The van der Waals surface area contributed by atoms with Crippen LogP contribution in [0.4, 0.5) is 8.78 Å². The molecule has 2 atom stereocenters. The van der Waals surface area contributed by atoms with Gasteiger partial charge in [0.05, 0.1) is 35.0 Å². The molecule has 0 radical (unpaired) electrons. The van der Waals surface area contributed by atoms with Crippen LogP contribution >= 0.6 is 0 Å². The zero-order valence-electron chi connectivity index (χ0n) is 16.8. The molecule has 4 aromatic rings. The molecule has 31 heavy (non-hydrogen) atoms. The van der Waals surface area contributed by atoms with E-state index in [1.807, 2.05) is 6.92 Å². The summed E-state index contributed by atoms with van der Waals surface area (Å²) in [5.41, 5.74) is 1.63. The summed E-state index contributed by atoms with van der Waals surface area (Å²) in [6.45, 7) is 2.42. The summed E-state index contributed by atoms with van der Waals surface area (Å²) >= 11 is 0. The highest BCUT2D eigenvalue weighted by Crippen LogP contribution is 2.41. The van der Waals surface area contributed by atoms with Crippen LogP contribution in [0.15, 0.2) is 48.8 Å². The van der Waals surface area contributed by atoms with Gasteiger partial charge < -0.3 is 9.30 Å². The average molecular weight is 419 g/mol.